The maximum atomic E-state index is 4.26. The van der Waals surface area contributed by atoms with Gasteiger partial charge in [-0.3, -0.25) is 4.68 Å². The van der Waals surface area contributed by atoms with Gasteiger partial charge in [0.1, 0.15) is 0 Å². The second kappa shape index (κ2) is 10.8. The number of unbranched alkanes of at least 4 members (excludes halogenated alkanes) is 7. The molecule has 0 spiro atoms. The van der Waals surface area contributed by atoms with Gasteiger partial charge in [0.05, 0.1) is 5.69 Å². The molecular weight excluding hydrogens is 270 g/mol. The highest BCUT2D eigenvalue weighted by Gasteiger charge is 2.08. The predicted molar refractivity (Wildman–Crippen MR) is 95.0 cm³/mol. The summed E-state index contributed by atoms with van der Waals surface area (Å²) in [5.74, 6) is 0. The second-order valence-corrected chi connectivity index (χ2v) is 7.86. The van der Waals surface area contributed by atoms with Crippen LogP contribution in [0, 0.1) is 5.41 Å². The van der Waals surface area contributed by atoms with Crippen LogP contribution in [0.25, 0.3) is 0 Å². The minimum atomic E-state index is 0.502. The van der Waals surface area contributed by atoms with Gasteiger partial charge in [-0.15, -0.1) is 5.10 Å². The molecule has 0 aliphatic rings. The minimum absolute atomic E-state index is 0.502. The summed E-state index contributed by atoms with van der Waals surface area (Å²) in [6.07, 6.45) is 16.5. The van der Waals surface area contributed by atoms with Gasteiger partial charge in [-0.2, -0.15) is 0 Å². The van der Waals surface area contributed by atoms with Gasteiger partial charge in [0.15, 0.2) is 0 Å². The average molecular weight is 308 g/mol. The predicted octanol–water partition coefficient (Wildman–Crippen LogP) is 5.79. The van der Waals surface area contributed by atoms with Crippen LogP contribution in [0.5, 0.6) is 0 Å². The summed E-state index contributed by atoms with van der Waals surface area (Å²) < 4.78 is 2.03. The van der Waals surface area contributed by atoms with E-state index in [1.165, 1.54) is 64.2 Å². The van der Waals surface area contributed by atoms with Crippen LogP contribution in [-0.2, 0) is 13.0 Å². The van der Waals surface area contributed by atoms with Crippen LogP contribution in [0.2, 0.25) is 0 Å². The molecule has 1 heterocycles. The average Bonchev–Trinajstić information content (AvgIpc) is 2.89. The van der Waals surface area contributed by atoms with Crippen molar-refractivity contribution in [2.45, 2.75) is 105 Å². The zero-order valence-electron chi connectivity index (χ0n) is 15.4. The number of rotatable bonds is 12. The fourth-order valence-corrected chi connectivity index (χ4v) is 2.75. The molecule has 0 bridgehead atoms. The maximum Gasteiger partial charge on any atom is 0.0827 e. The van der Waals surface area contributed by atoms with Crippen molar-refractivity contribution >= 4 is 0 Å². The first kappa shape index (κ1) is 19.2. The molecule has 0 unspecified atom stereocenters. The first-order valence-electron chi connectivity index (χ1n) is 9.40. The highest BCUT2D eigenvalue weighted by Crippen LogP contribution is 2.22. The van der Waals surface area contributed by atoms with E-state index in [1.807, 2.05) is 4.68 Å². The number of hydrogen-bond donors (Lipinski definition) is 0. The van der Waals surface area contributed by atoms with Crippen LogP contribution in [0.4, 0.5) is 0 Å². The fraction of sp³-hybridized carbons (Fsp3) is 0.895. The van der Waals surface area contributed by atoms with Crippen LogP contribution in [-0.4, -0.2) is 15.0 Å². The Hall–Kier alpha value is -0.860. The molecule has 0 atom stereocenters. The first-order chi connectivity index (χ1) is 10.5. The molecule has 0 aliphatic heterocycles. The summed E-state index contributed by atoms with van der Waals surface area (Å²) in [4.78, 5) is 0. The van der Waals surface area contributed by atoms with E-state index in [-0.39, 0.29) is 0 Å². The smallest absolute Gasteiger partial charge is 0.0827 e. The van der Waals surface area contributed by atoms with Crippen molar-refractivity contribution < 1.29 is 0 Å². The van der Waals surface area contributed by atoms with Crippen LogP contribution in [0.3, 0.4) is 0 Å². The molecule has 1 aromatic rings. The van der Waals surface area contributed by atoms with Crippen LogP contribution in [0.15, 0.2) is 6.20 Å². The quantitative estimate of drug-likeness (QED) is 0.458. The minimum Gasteiger partial charge on any atom is -0.252 e. The van der Waals surface area contributed by atoms with Gasteiger partial charge in [-0.1, -0.05) is 77.9 Å². The molecular formula is C19H37N3. The van der Waals surface area contributed by atoms with Crippen molar-refractivity contribution in [2.24, 2.45) is 5.41 Å². The van der Waals surface area contributed by atoms with Gasteiger partial charge in [0.25, 0.3) is 0 Å². The van der Waals surface area contributed by atoms with Crippen molar-refractivity contribution in [2.75, 3.05) is 0 Å². The summed E-state index contributed by atoms with van der Waals surface area (Å²) in [6, 6.07) is 0. The van der Waals surface area contributed by atoms with E-state index in [0.717, 1.165) is 18.7 Å². The molecule has 0 aromatic carbocycles. The van der Waals surface area contributed by atoms with Crippen molar-refractivity contribution in [3.05, 3.63) is 11.9 Å². The number of nitrogens with zero attached hydrogens (tertiary/aromatic N) is 3. The van der Waals surface area contributed by atoms with Gasteiger partial charge in [0, 0.05) is 12.7 Å². The summed E-state index contributed by atoms with van der Waals surface area (Å²) in [7, 11) is 0. The number of aryl methyl sites for hydroxylation is 2. The van der Waals surface area contributed by atoms with E-state index in [0.29, 0.717) is 5.41 Å². The van der Waals surface area contributed by atoms with E-state index in [4.69, 9.17) is 0 Å². The highest BCUT2D eigenvalue weighted by atomic mass is 15.4. The Morgan fingerprint density at radius 2 is 1.59 bits per heavy atom. The third-order valence-corrected chi connectivity index (χ3v) is 4.19. The van der Waals surface area contributed by atoms with Crippen LogP contribution >= 0.6 is 0 Å². The van der Waals surface area contributed by atoms with Crippen LogP contribution < -0.4 is 0 Å². The Morgan fingerprint density at radius 3 is 2.27 bits per heavy atom. The second-order valence-electron chi connectivity index (χ2n) is 7.86. The van der Waals surface area contributed by atoms with Crippen molar-refractivity contribution in [1.82, 2.24) is 15.0 Å². The molecule has 128 valence electrons. The zero-order chi connectivity index (χ0) is 16.3. The zero-order valence-corrected chi connectivity index (χ0v) is 15.4. The molecule has 0 saturated carbocycles. The lowest BCUT2D eigenvalue weighted by Gasteiger charge is -2.17. The molecule has 3 nitrogen and oxygen atoms in total. The van der Waals surface area contributed by atoms with Crippen molar-refractivity contribution in [3.8, 4) is 0 Å². The molecule has 0 saturated heterocycles. The highest BCUT2D eigenvalue weighted by molar-refractivity contribution is 4.92. The maximum absolute atomic E-state index is 4.26. The van der Waals surface area contributed by atoms with Gasteiger partial charge < -0.3 is 0 Å². The Morgan fingerprint density at radius 1 is 0.909 bits per heavy atom. The number of hydrogen-bond acceptors (Lipinski definition) is 2. The molecule has 1 aromatic heterocycles. The fourth-order valence-electron chi connectivity index (χ4n) is 2.75. The van der Waals surface area contributed by atoms with E-state index >= 15 is 0 Å². The van der Waals surface area contributed by atoms with E-state index in [9.17, 15) is 0 Å². The molecule has 0 amide bonds. The van der Waals surface area contributed by atoms with Crippen molar-refractivity contribution in [3.63, 3.8) is 0 Å². The normalized spacial score (nSPS) is 12.0. The number of aromatic nitrogens is 3. The molecule has 0 aliphatic carbocycles. The Bertz CT molecular complexity index is 376. The molecule has 0 N–H and O–H groups in total. The third-order valence-electron chi connectivity index (χ3n) is 4.19. The SMILES string of the molecule is CCCCCc1cn(CCCCCCCCC(C)(C)C)nn1. The van der Waals surface area contributed by atoms with E-state index < -0.39 is 0 Å². The van der Waals surface area contributed by atoms with E-state index in [2.05, 4.69) is 44.2 Å². The van der Waals surface area contributed by atoms with Gasteiger partial charge in [0.2, 0.25) is 0 Å². The van der Waals surface area contributed by atoms with Gasteiger partial charge in [-0.05, 0) is 31.1 Å². The monoisotopic (exact) mass is 307 g/mol. The molecule has 0 fully saturated rings. The molecule has 3 heteroatoms. The van der Waals surface area contributed by atoms with Gasteiger partial charge >= 0.3 is 0 Å². The lowest BCUT2D eigenvalue weighted by atomic mass is 9.89. The Labute approximate surface area is 137 Å². The molecule has 22 heavy (non-hydrogen) atoms. The summed E-state index contributed by atoms with van der Waals surface area (Å²) >= 11 is 0. The first-order valence-corrected chi connectivity index (χ1v) is 9.40. The third kappa shape index (κ3) is 9.97. The summed E-state index contributed by atoms with van der Waals surface area (Å²) in [6.45, 7) is 10.3. The van der Waals surface area contributed by atoms with Crippen LogP contribution in [0.1, 0.15) is 97.6 Å². The Balaban J connectivity index is 1.98. The standard InChI is InChI=1S/C19H37N3/c1-5-6-11-14-18-17-22(21-20-18)16-13-10-8-7-9-12-15-19(2,3)4/h17H,5-16H2,1-4H3. The largest absolute Gasteiger partial charge is 0.252 e. The summed E-state index contributed by atoms with van der Waals surface area (Å²) in [5, 5.41) is 8.50. The lowest BCUT2D eigenvalue weighted by molar-refractivity contribution is 0.356. The van der Waals surface area contributed by atoms with E-state index in [1.54, 1.807) is 0 Å². The topological polar surface area (TPSA) is 30.7 Å². The Kier molecular flexibility index (Phi) is 9.42. The molecule has 0 radical (unpaired) electrons. The van der Waals surface area contributed by atoms with Gasteiger partial charge in [-0.25, -0.2) is 0 Å². The molecule has 1 rings (SSSR count). The van der Waals surface area contributed by atoms with Crippen molar-refractivity contribution in [1.29, 1.82) is 0 Å². The lowest BCUT2D eigenvalue weighted by Crippen LogP contribution is -2.03. The summed E-state index contributed by atoms with van der Waals surface area (Å²) in [5.41, 5.74) is 1.66.